The van der Waals surface area contributed by atoms with Gasteiger partial charge in [-0.05, 0) is 121 Å². The lowest BCUT2D eigenvalue weighted by Crippen LogP contribution is -2.25. The molecular weight excluding hydrogens is 691 g/mol. The van der Waals surface area contributed by atoms with Crippen molar-refractivity contribution >= 4 is 39.0 Å². The molecule has 1 spiro atoms. The second kappa shape index (κ2) is 12.3. The molecule has 0 radical (unpaired) electrons. The molecular formula is C55H35NO. The maximum atomic E-state index is 6.14. The van der Waals surface area contributed by atoms with Crippen molar-refractivity contribution in [2.24, 2.45) is 0 Å². The van der Waals surface area contributed by atoms with Gasteiger partial charge in [0, 0.05) is 27.8 Å². The second-order valence-corrected chi connectivity index (χ2v) is 15.2. The molecule has 9 aromatic carbocycles. The van der Waals surface area contributed by atoms with Gasteiger partial charge in [-0.1, -0.05) is 158 Å². The van der Waals surface area contributed by atoms with Gasteiger partial charge in [-0.2, -0.15) is 0 Å². The SMILES string of the molecule is c1ccc(-c2ccc(N(c3ccc(-c4ccc5oc6ccccc6c5c4)cc3)c3ccc4c(c3)-c3ccccc3C43c4ccccc4-c4ccccc43)cc2)cc1. The molecule has 0 saturated heterocycles. The minimum Gasteiger partial charge on any atom is -0.456 e. The van der Waals surface area contributed by atoms with E-state index in [-0.39, 0.29) is 5.41 Å². The van der Waals surface area contributed by atoms with Gasteiger partial charge in [0.1, 0.15) is 11.2 Å². The monoisotopic (exact) mass is 725 g/mol. The van der Waals surface area contributed by atoms with E-state index >= 15 is 0 Å². The number of benzene rings is 9. The standard InChI is InChI=1S/C55H35NO/c1-2-12-36(13-3-1)37-22-27-40(28-23-37)56(41-29-24-38(25-30-41)39-26-33-54-48(34-39)46-17-7-11-21-53(46)57-54)42-31-32-52-47(35-42)45-16-6-10-20-51(45)55(52)49-18-8-4-14-43(49)44-15-5-9-19-50(44)55/h1-35H. The van der Waals surface area contributed by atoms with Crippen LogP contribution in [0.25, 0.3) is 66.4 Å². The number of para-hydroxylation sites is 1. The van der Waals surface area contributed by atoms with Gasteiger partial charge in [-0.15, -0.1) is 0 Å². The fraction of sp³-hybridized carbons (Fsp3) is 0.0182. The van der Waals surface area contributed by atoms with Crippen molar-refractivity contribution in [3.05, 3.63) is 235 Å². The number of fused-ring (bicyclic) bond motifs is 13. The topological polar surface area (TPSA) is 16.4 Å². The normalized spacial score (nSPS) is 13.1. The lowest BCUT2D eigenvalue weighted by molar-refractivity contribution is 0.669. The van der Waals surface area contributed by atoms with Gasteiger partial charge in [0.15, 0.2) is 0 Å². The largest absolute Gasteiger partial charge is 0.456 e. The summed E-state index contributed by atoms with van der Waals surface area (Å²) in [4.78, 5) is 2.40. The average Bonchev–Trinajstić information content (AvgIpc) is 3.91. The Morgan fingerprint density at radius 1 is 0.298 bits per heavy atom. The first-order valence-corrected chi connectivity index (χ1v) is 19.7. The van der Waals surface area contributed by atoms with Crippen LogP contribution in [0.2, 0.25) is 0 Å². The molecule has 0 saturated carbocycles. The summed E-state index contributed by atoms with van der Waals surface area (Å²) in [6.07, 6.45) is 0. The first kappa shape index (κ1) is 31.9. The van der Waals surface area contributed by atoms with E-state index < -0.39 is 0 Å². The first-order chi connectivity index (χ1) is 28.3. The van der Waals surface area contributed by atoms with E-state index in [1.54, 1.807) is 0 Å². The molecule has 1 aromatic heterocycles. The van der Waals surface area contributed by atoms with E-state index in [0.29, 0.717) is 0 Å². The molecule has 266 valence electrons. The zero-order chi connectivity index (χ0) is 37.5. The second-order valence-electron chi connectivity index (χ2n) is 15.2. The lowest BCUT2D eigenvalue weighted by atomic mass is 9.70. The van der Waals surface area contributed by atoms with Crippen molar-refractivity contribution in [3.8, 4) is 44.5 Å². The molecule has 0 bridgehead atoms. The van der Waals surface area contributed by atoms with Crippen LogP contribution in [0.1, 0.15) is 22.3 Å². The predicted molar refractivity (Wildman–Crippen MR) is 236 cm³/mol. The maximum Gasteiger partial charge on any atom is 0.135 e. The van der Waals surface area contributed by atoms with Crippen LogP contribution in [0.5, 0.6) is 0 Å². The van der Waals surface area contributed by atoms with Crippen LogP contribution >= 0.6 is 0 Å². The molecule has 2 aliphatic rings. The van der Waals surface area contributed by atoms with Crippen LogP contribution in [0.15, 0.2) is 217 Å². The number of furan rings is 1. The third-order valence-corrected chi connectivity index (χ3v) is 12.3. The average molecular weight is 726 g/mol. The predicted octanol–water partition coefficient (Wildman–Crippen LogP) is 14.7. The zero-order valence-corrected chi connectivity index (χ0v) is 31.1. The van der Waals surface area contributed by atoms with Gasteiger partial charge in [-0.3, -0.25) is 0 Å². The Morgan fingerprint density at radius 2 is 0.754 bits per heavy atom. The van der Waals surface area contributed by atoms with E-state index in [4.69, 9.17) is 4.42 Å². The highest BCUT2D eigenvalue weighted by atomic mass is 16.3. The van der Waals surface area contributed by atoms with Crippen LogP contribution < -0.4 is 4.90 Å². The molecule has 10 aromatic rings. The molecule has 2 nitrogen and oxygen atoms in total. The van der Waals surface area contributed by atoms with Crippen LogP contribution in [-0.2, 0) is 5.41 Å². The minimum absolute atomic E-state index is 0.372. The fourth-order valence-electron chi connectivity index (χ4n) is 9.82. The third-order valence-electron chi connectivity index (χ3n) is 12.3. The quantitative estimate of drug-likeness (QED) is 0.176. The van der Waals surface area contributed by atoms with E-state index in [1.165, 1.54) is 55.6 Å². The Bertz CT molecular complexity index is 3130. The summed E-state index contributed by atoms with van der Waals surface area (Å²) in [5.74, 6) is 0. The van der Waals surface area contributed by atoms with E-state index in [9.17, 15) is 0 Å². The number of hydrogen-bond donors (Lipinski definition) is 0. The van der Waals surface area contributed by atoms with Crippen molar-refractivity contribution < 1.29 is 4.42 Å². The fourth-order valence-corrected chi connectivity index (χ4v) is 9.82. The Labute approximate surface area is 331 Å². The molecule has 2 heteroatoms. The molecule has 12 rings (SSSR count). The molecule has 57 heavy (non-hydrogen) atoms. The summed E-state index contributed by atoms with van der Waals surface area (Å²) in [5.41, 5.74) is 20.1. The Balaban J connectivity index is 1.02. The summed E-state index contributed by atoms with van der Waals surface area (Å²) in [5, 5.41) is 2.27. The molecule has 0 unspecified atom stereocenters. The van der Waals surface area contributed by atoms with Crippen LogP contribution in [0.3, 0.4) is 0 Å². The molecule has 0 amide bonds. The highest BCUT2D eigenvalue weighted by molar-refractivity contribution is 6.06. The van der Waals surface area contributed by atoms with Gasteiger partial charge in [0.05, 0.1) is 5.41 Å². The molecule has 0 atom stereocenters. The van der Waals surface area contributed by atoms with E-state index in [0.717, 1.165) is 50.1 Å². The molecule has 2 aliphatic carbocycles. The minimum atomic E-state index is -0.372. The van der Waals surface area contributed by atoms with E-state index in [2.05, 4.69) is 205 Å². The molecule has 0 fully saturated rings. The highest BCUT2D eigenvalue weighted by Gasteiger charge is 2.51. The summed E-state index contributed by atoms with van der Waals surface area (Å²) in [6, 6.07) is 77.5. The van der Waals surface area contributed by atoms with Crippen molar-refractivity contribution in [2.75, 3.05) is 4.90 Å². The molecule has 0 N–H and O–H groups in total. The number of anilines is 3. The Kier molecular flexibility index (Phi) is 6.88. The van der Waals surface area contributed by atoms with E-state index in [1.807, 2.05) is 12.1 Å². The smallest absolute Gasteiger partial charge is 0.135 e. The van der Waals surface area contributed by atoms with Crippen LogP contribution in [0, 0.1) is 0 Å². The summed E-state index contributed by atoms with van der Waals surface area (Å²) < 4.78 is 6.14. The van der Waals surface area contributed by atoms with Crippen LogP contribution in [-0.4, -0.2) is 0 Å². The highest BCUT2D eigenvalue weighted by Crippen LogP contribution is 2.63. The number of rotatable bonds is 5. The Hall–Kier alpha value is -7.42. The third kappa shape index (κ3) is 4.65. The van der Waals surface area contributed by atoms with Gasteiger partial charge >= 0.3 is 0 Å². The number of hydrogen-bond acceptors (Lipinski definition) is 2. The van der Waals surface area contributed by atoms with Gasteiger partial charge in [-0.25, -0.2) is 0 Å². The molecule has 1 heterocycles. The zero-order valence-electron chi connectivity index (χ0n) is 31.1. The summed E-state index contributed by atoms with van der Waals surface area (Å²) in [7, 11) is 0. The van der Waals surface area contributed by atoms with Crippen LogP contribution in [0.4, 0.5) is 17.1 Å². The molecule has 0 aliphatic heterocycles. The van der Waals surface area contributed by atoms with Gasteiger partial charge in [0.2, 0.25) is 0 Å². The van der Waals surface area contributed by atoms with Gasteiger partial charge < -0.3 is 9.32 Å². The first-order valence-electron chi connectivity index (χ1n) is 19.7. The Morgan fingerprint density at radius 3 is 1.40 bits per heavy atom. The maximum absolute atomic E-state index is 6.14. The van der Waals surface area contributed by atoms with Crippen molar-refractivity contribution in [3.63, 3.8) is 0 Å². The summed E-state index contributed by atoms with van der Waals surface area (Å²) >= 11 is 0. The summed E-state index contributed by atoms with van der Waals surface area (Å²) in [6.45, 7) is 0. The van der Waals surface area contributed by atoms with Crippen molar-refractivity contribution in [1.29, 1.82) is 0 Å². The van der Waals surface area contributed by atoms with Gasteiger partial charge in [0.25, 0.3) is 0 Å². The van der Waals surface area contributed by atoms with Crippen molar-refractivity contribution in [2.45, 2.75) is 5.41 Å². The van der Waals surface area contributed by atoms with Crippen molar-refractivity contribution in [1.82, 2.24) is 0 Å². The number of nitrogens with zero attached hydrogens (tertiary/aromatic N) is 1. The lowest BCUT2D eigenvalue weighted by Gasteiger charge is -2.31.